The molecule has 27 heavy (non-hydrogen) atoms. The van der Waals surface area contributed by atoms with Crippen molar-refractivity contribution in [1.29, 1.82) is 0 Å². The van der Waals surface area contributed by atoms with Gasteiger partial charge < -0.3 is 9.64 Å². The highest BCUT2D eigenvalue weighted by atomic mass is 35.5. The third-order valence-corrected chi connectivity index (χ3v) is 7.22. The number of aryl methyl sites for hydroxylation is 1. The number of benzene rings is 1. The normalized spacial score (nSPS) is 15.0. The first-order chi connectivity index (χ1) is 12.8. The van der Waals surface area contributed by atoms with E-state index in [9.17, 15) is 13.2 Å². The molecule has 1 aromatic carbocycles. The van der Waals surface area contributed by atoms with Crippen LogP contribution >= 0.6 is 34.5 Å². The summed E-state index contributed by atoms with van der Waals surface area (Å²) in [6.07, 6.45) is 0. The van der Waals surface area contributed by atoms with Gasteiger partial charge in [0.05, 0.1) is 29.0 Å². The molecule has 0 radical (unpaired) electrons. The number of carbonyl (C=O) groups excluding carboxylic acids is 1. The minimum atomic E-state index is -4.08. The zero-order valence-electron chi connectivity index (χ0n) is 14.2. The molecule has 3 rings (SSSR count). The Balaban J connectivity index is 1.72. The number of ether oxygens (including phenoxy) is 1. The van der Waals surface area contributed by atoms with E-state index in [2.05, 4.69) is 10.4 Å². The van der Waals surface area contributed by atoms with E-state index in [1.54, 1.807) is 6.92 Å². The maximum atomic E-state index is 12.4. The molecule has 0 atom stereocenters. The summed E-state index contributed by atoms with van der Waals surface area (Å²) in [6, 6.07) is 4.21. The second-order valence-corrected chi connectivity index (χ2v) is 9.04. The molecule has 1 aliphatic heterocycles. The Labute approximate surface area is 170 Å². The standard InChI is InChI=1S/C15H16Cl2N4O4S2/c1-9-13(26-15(18-9)21-5-7-25-8-6-21)14(22)19-20-27(23,24)11-4-2-3-10(16)12(11)17/h2-4,20H,5-8H2,1H3,(H,19,22). The first-order valence-electron chi connectivity index (χ1n) is 7.86. The Bertz CT molecular complexity index is 959. The van der Waals surface area contributed by atoms with E-state index in [-0.39, 0.29) is 14.9 Å². The van der Waals surface area contributed by atoms with Crippen LogP contribution in [-0.2, 0) is 14.8 Å². The summed E-state index contributed by atoms with van der Waals surface area (Å²) in [4.78, 5) is 21.0. The summed E-state index contributed by atoms with van der Waals surface area (Å²) in [5.41, 5.74) is 2.70. The number of sulfonamides is 1. The molecule has 2 N–H and O–H groups in total. The monoisotopic (exact) mass is 450 g/mol. The molecule has 1 fully saturated rings. The van der Waals surface area contributed by atoms with E-state index in [4.69, 9.17) is 27.9 Å². The van der Waals surface area contributed by atoms with Crippen molar-refractivity contribution in [3.05, 3.63) is 38.8 Å². The lowest BCUT2D eigenvalue weighted by Gasteiger charge is -2.25. The molecule has 2 aromatic rings. The molecule has 0 spiro atoms. The summed E-state index contributed by atoms with van der Waals surface area (Å²) in [5.74, 6) is -0.605. The van der Waals surface area contributed by atoms with Gasteiger partial charge in [0.25, 0.3) is 15.9 Å². The second kappa shape index (κ2) is 8.29. The number of hydrogen-bond donors (Lipinski definition) is 2. The highest BCUT2D eigenvalue weighted by Crippen LogP contribution is 2.29. The van der Waals surface area contributed by atoms with Gasteiger partial charge >= 0.3 is 0 Å². The zero-order chi connectivity index (χ0) is 19.6. The quantitative estimate of drug-likeness (QED) is 0.677. The minimum absolute atomic E-state index is 0.0966. The van der Waals surface area contributed by atoms with Gasteiger partial charge in [-0.15, -0.1) is 4.83 Å². The topological polar surface area (TPSA) is 101 Å². The third kappa shape index (κ3) is 4.53. The molecule has 1 aromatic heterocycles. The predicted octanol–water partition coefficient (Wildman–Crippen LogP) is 2.22. The van der Waals surface area contributed by atoms with Gasteiger partial charge in [-0.05, 0) is 19.1 Å². The fourth-order valence-electron chi connectivity index (χ4n) is 2.40. The Morgan fingerprint density at radius 2 is 2.00 bits per heavy atom. The summed E-state index contributed by atoms with van der Waals surface area (Å²) in [5, 5.41) is 0.672. The third-order valence-electron chi connectivity index (χ3n) is 3.78. The molecular formula is C15H16Cl2N4O4S2. The van der Waals surface area contributed by atoms with Gasteiger partial charge in [0.1, 0.15) is 9.77 Å². The molecule has 0 saturated carbocycles. The van der Waals surface area contributed by atoms with Crippen molar-refractivity contribution in [2.24, 2.45) is 0 Å². The van der Waals surface area contributed by atoms with Crippen molar-refractivity contribution in [3.8, 4) is 0 Å². The van der Waals surface area contributed by atoms with Crippen molar-refractivity contribution in [2.45, 2.75) is 11.8 Å². The van der Waals surface area contributed by atoms with Gasteiger partial charge in [-0.3, -0.25) is 10.2 Å². The van der Waals surface area contributed by atoms with Crippen molar-refractivity contribution in [1.82, 2.24) is 15.2 Å². The lowest BCUT2D eigenvalue weighted by molar-refractivity contribution is 0.0948. The maximum absolute atomic E-state index is 12.4. The maximum Gasteiger partial charge on any atom is 0.278 e. The number of nitrogens with one attached hydrogen (secondary N) is 2. The molecule has 1 saturated heterocycles. The molecule has 8 nitrogen and oxygen atoms in total. The smallest absolute Gasteiger partial charge is 0.278 e. The van der Waals surface area contributed by atoms with Gasteiger partial charge in [0, 0.05) is 13.1 Å². The van der Waals surface area contributed by atoms with Crippen LogP contribution in [-0.4, -0.2) is 45.6 Å². The number of anilines is 1. The van der Waals surface area contributed by atoms with E-state index in [1.165, 1.54) is 29.5 Å². The molecule has 146 valence electrons. The van der Waals surface area contributed by atoms with Crippen LogP contribution in [0.5, 0.6) is 0 Å². The SMILES string of the molecule is Cc1nc(N2CCOCC2)sc1C(=O)NNS(=O)(=O)c1cccc(Cl)c1Cl. The number of morpholine rings is 1. The fraction of sp³-hybridized carbons (Fsp3) is 0.333. The average Bonchev–Trinajstić information content (AvgIpc) is 3.04. The fourth-order valence-corrected chi connectivity index (χ4v) is 5.02. The van der Waals surface area contributed by atoms with Crippen LogP contribution in [0.15, 0.2) is 23.1 Å². The number of halogens is 2. The molecule has 0 bridgehead atoms. The van der Waals surface area contributed by atoms with Gasteiger partial charge in [0.15, 0.2) is 5.13 Å². The number of nitrogens with zero attached hydrogens (tertiary/aromatic N) is 2. The number of hydrazine groups is 1. The van der Waals surface area contributed by atoms with Gasteiger partial charge in [-0.25, -0.2) is 13.4 Å². The van der Waals surface area contributed by atoms with Crippen LogP contribution in [0.4, 0.5) is 5.13 Å². The summed E-state index contributed by atoms with van der Waals surface area (Å²) < 4.78 is 30.1. The van der Waals surface area contributed by atoms with Crippen molar-refractivity contribution in [3.63, 3.8) is 0 Å². The number of hydrogen-bond acceptors (Lipinski definition) is 7. The largest absolute Gasteiger partial charge is 0.378 e. The molecule has 0 unspecified atom stereocenters. The van der Waals surface area contributed by atoms with E-state index < -0.39 is 15.9 Å². The summed E-state index contributed by atoms with van der Waals surface area (Å²) >= 11 is 13.0. The number of amides is 1. The minimum Gasteiger partial charge on any atom is -0.378 e. The number of carbonyl (C=O) groups is 1. The van der Waals surface area contributed by atoms with Crippen molar-refractivity contribution >= 4 is 55.6 Å². The zero-order valence-corrected chi connectivity index (χ0v) is 17.3. The Morgan fingerprint density at radius 1 is 1.30 bits per heavy atom. The number of rotatable bonds is 5. The average molecular weight is 451 g/mol. The predicted molar refractivity (Wildman–Crippen MR) is 104 cm³/mol. The van der Waals surface area contributed by atoms with Crippen LogP contribution in [0.2, 0.25) is 10.0 Å². The molecule has 12 heteroatoms. The molecular weight excluding hydrogens is 435 g/mol. The second-order valence-electron chi connectivity index (χ2n) is 5.62. The lowest BCUT2D eigenvalue weighted by atomic mass is 10.4. The van der Waals surface area contributed by atoms with Crippen LogP contribution in [0.3, 0.4) is 0 Å². The summed E-state index contributed by atoms with van der Waals surface area (Å²) in [6.45, 7) is 4.26. The van der Waals surface area contributed by atoms with E-state index in [0.29, 0.717) is 42.0 Å². The highest BCUT2D eigenvalue weighted by Gasteiger charge is 2.23. The Morgan fingerprint density at radius 3 is 2.70 bits per heavy atom. The molecule has 1 amide bonds. The van der Waals surface area contributed by atoms with Crippen LogP contribution in [0, 0.1) is 6.92 Å². The van der Waals surface area contributed by atoms with E-state index in [1.807, 2.05) is 9.73 Å². The van der Waals surface area contributed by atoms with Gasteiger partial charge in [0.2, 0.25) is 0 Å². The van der Waals surface area contributed by atoms with Gasteiger partial charge in [-0.1, -0.05) is 40.6 Å². The van der Waals surface area contributed by atoms with E-state index >= 15 is 0 Å². The van der Waals surface area contributed by atoms with Crippen LogP contribution in [0.25, 0.3) is 0 Å². The number of thiazole rings is 1. The molecule has 0 aliphatic carbocycles. The first kappa shape index (κ1) is 20.3. The number of aromatic nitrogens is 1. The summed E-state index contributed by atoms with van der Waals surface area (Å²) in [7, 11) is -4.08. The molecule has 2 heterocycles. The van der Waals surface area contributed by atoms with E-state index in [0.717, 1.165) is 0 Å². The van der Waals surface area contributed by atoms with Crippen LogP contribution < -0.4 is 15.2 Å². The van der Waals surface area contributed by atoms with Gasteiger partial charge in [-0.2, -0.15) is 0 Å². The Kier molecular flexibility index (Phi) is 6.24. The van der Waals surface area contributed by atoms with Crippen molar-refractivity contribution in [2.75, 3.05) is 31.2 Å². The lowest BCUT2D eigenvalue weighted by Crippen LogP contribution is -2.41. The highest BCUT2D eigenvalue weighted by molar-refractivity contribution is 7.89. The van der Waals surface area contributed by atoms with Crippen molar-refractivity contribution < 1.29 is 17.9 Å². The van der Waals surface area contributed by atoms with Crippen LogP contribution in [0.1, 0.15) is 15.4 Å². The molecule has 1 aliphatic rings. The first-order valence-corrected chi connectivity index (χ1v) is 10.9. The Hall–Kier alpha value is -1.43.